The molecule has 5 nitrogen and oxygen atoms in total. The van der Waals surface area contributed by atoms with Crippen LogP contribution in [0.25, 0.3) is 0 Å². The Kier molecular flexibility index (Phi) is 9.15. The second-order valence-corrected chi connectivity index (χ2v) is 13.0. The lowest BCUT2D eigenvalue weighted by atomic mass is 9.76. The van der Waals surface area contributed by atoms with Crippen LogP contribution < -0.4 is 10.6 Å². The van der Waals surface area contributed by atoms with Gasteiger partial charge in [0.2, 0.25) is 11.7 Å². The summed E-state index contributed by atoms with van der Waals surface area (Å²) in [6.45, 7) is 25.0. The van der Waals surface area contributed by atoms with E-state index in [1.165, 1.54) is 0 Å². The lowest BCUT2D eigenvalue weighted by molar-refractivity contribution is -0.141. The van der Waals surface area contributed by atoms with Crippen LogP contribution in [-0.2, 0) is 14.4 Å². The molecule has 2 unspecified atom stereocenters. The van der Waals surface area contributed by atoms with Crippen molar-refractivity contribution in [2.24, 2.45) is 21.7 Å². The summed E-state index contributed by atoms with van der Waals surface area (Å²) in [5, 5.41) is 5.85. The first kappa shape index (κ1) is 27.6. The van der Waals surface area contributed by atoms with E-state index in [-0.39, 0.29) is 33.7 Å². The van der Waals surface area contributed by atoms with Crippen LogP contribution in [0.5, 0.6) is 0 Å². The van der Waals surface area contributed by atoms with Gasteiger partial charge in [-0.2, -0.15) is 0 Å². The summed E-state index contributed by atoms with van der Waals surface area (Å²) in [5.74, 6) is -1.75. The number of carbonyl (C=O) groups excluding carboxylic acids is 3. The highest BCUT2D eigenvalue weighted by atomic mass is 16.2. The molecule has 2 N–H and O–H groups in total. The third-order valence-corrected chi connectivity index (χ3v) is 4.94. The summed E-state index contributed by atoms with van der Waals surface area (Å²) in [6.07, 6.45) is 1.12. The lowest BCUT2D eigenvalue weighted by Crippen LogP contribution is -2.50. The van der Waals surface area contributed by atoms with Gasteiger partial charge in [0.25, 0.3) is 5.91 Å². The molecule has 0 saturated heterocycles. The van der Waals surface area contributed by atoms with Gasteiger partial charge in [-0.3, -0.25) is 14.4 Å². The Bertz CT molecular complexity index is 581. The highest BCUT2D eigenvalue weighted by molar-refractivity contribution is 6.39. The monoisotopic (exact) mass is 410 g/mol. The maximum absolute atomic E-state index is 12.5. The third kappa shape index (κ3) is 12.0. The predicted molar refractivity (Wildman–Crippen MR) is 121 cm³/mol. The van der Waals surface area contributed by atoms with Gasteiger partial charge in [0.05, 0.1) is 6.42 Å². The van der Waals surface area contributed by atoms with Gasteiger partial charge in [-0.1, -0.05) is 83.1 Å². The fourth-order valence-corrected chi connectivity index (χ4v) is 3.08. The molecular formula is C24H46N2O3. The van der Waals surface area contributed by atoms with Crippen molar-refractivity contribution in [3.8, 4) is 0 Å². The molecule has 0 aromatic rings. The van der Waals surface area contributed by atoms with Crippen molar-refractivity contribution >= 4 is 17.6 Å². The van der Waals surface area contributed by atoms with E-state index < -0.39 is 24.0 Å². The zero-order chi connectivity index (χ0) is 23.4. The molecule has 2 atom stereocenters. The van der Waals surface area contributed by atoms with Gasteiger partial charge < -0.3 is 10.6 Å². The van der Waals surface area contributed by atoms with Gasteiger partial charge in [-0.25, -0.2) is 0 Å². The molecule has 0 aliphatic heterocycles. The Labute approximate surface area is 179 Å². The number of carbonyl (C=O) groups is 3. The average molecular weight is 411 g/mol. The second-order valence-electron chi connectivity index (χ2n) is 13.0. The standard InChI is InChI=1S/C24H46N2O3/c1-21(2,3)14-17(23(7,8)9)25-19(28)13-16(27)20(29)26-18(24(10,11)12)15-22(4,5)6/h17-18H,13-15H2,1-12H3,(H,25,28)(H,26,29). The quantitative estimate of drug-likeness (QED) is 0.464. The number of amides is 2. The Balaban J connectivity index is 5.07. The molecule has 0 rings (SSSR count). The summed E-state index contributed by atoms with van der Waals surface area (Å²) in [6, 6.07) is -0.223. The zero-order valence-electron chi connectivity index (χ0n) is 21.0. The zero-order valence-corrected chi connectivity index (χ0v) is 21.0. The van der Waals surface area contributed by atoms with E-state index in [1.54, 1.807) is 0 Å². The van der Waals surface area contributed by atoms with Crippen LogP contribution in [0.2, 0.25) is 0 Å². The molecule has 0 aliphatic carbocycles. The van der Waals surface area contributed by atoms with E-state index in [1.807, 2.05) is 20.8 Å². The minimum absolute atomic E-state index is 0.0124. The minimum Gasteiger partial charge on any atom is -0.352 e. The molecule has 0 radical (unpaired) electrons. The molecule has 0 aliphatic rings. The molecule has 0 aromatic heterocycles. The molecule has 2 amide bonds. The summed E-state index contributed by atoms with van der Waals surface area (Å²) in [4.78, 5) is 37.4. The first-order valence-corrected chi connectivity index (χ1v) is 10.7. The molecule has 0 heterocycles. The predicted octanol–water partition coefficient (Wildman–Crippen LogP) is 4.88. The Hall–Kier alpha value is -1.39. The summed E-state index contributed by atoms with van der Waals surface area (Å²) < 4.78 is 0. The van der Waals surface area contributed by atoms with Crippen LogP contribution in [0.1, 0.15) is 102 Å². The molecule has 29 heavy (non-hydrogen) atoms. The van der Waals surface area contributed by atoms with Gasteiger partial charge in [-0.05, 0) is 34.5 Å². The maximum atomic E-state index is 12.5. The molecular weight excluding hydrogens is 364 g/mol. The lowest BCUT2D eigenvalue weighted by Gasteiger charge is -2.36. The Morgan fingerprint density at radius 2 is 0.966 bits per heavy atom. The maximum Gasteiger partial charge on any atom is 0.288 e. The van der Waals surface area contributed by atoms with Crippen LogP contribution in [0.4, 0.5) is 0 Å². The fraction of sp³-hybridized carbons (Fsp3) is 0.875. The molecule has 0 fully saturated rings. The van der Waals surface area contributed by atoms with Crippen LogP contribution >= 0.6 is 0 Å². The molecule has 0 aromatic carbocycles. The molecule has 0 spiro atoms. The van der Waals surface area contributed by atoms with E-state index in [9.17, 15) is 14.4 Å². The second kappa shape index (κ2) is 9.61. The van der Waals surface area contributed by atoms with Crippen molar-refractivity contribution in [3.05, 3.63) is 0 Å². The van der Waals surface area contributed by atoms with E-state index in [0.717, 1.165) is 12.8 Å². The summed E-state index contributed by atoms with van der Waals surface area (Å²) >= 11 is 0. The highest BCUT2D eigenvalue weighted by Gasteiger charge is 2.34. The smallest absolute Gasteiger partial charge is 0.288 e. The van der Waals surface area contributed by atoms with E-state index in [4.69, 9.17) is 0 Å². The van der Waals surface area contributed by atoms with E-state index >= 15 is 0 Å². The largest absolute Gasteiger partial charge is 0.352 e. The van der Waals surface area contributed by atoms with E-state index in [2.05, 4.69) is 72.9 Å². The first-order valence-electron chi connectivity index (χ1n) is 10.7. The highest BCUT2D eigenvalue weighted by Crippen LogP contribution is 2.31. The van der Waals surface area contributed by atoms with Crippen molar-refractivity contribution in [2.75, 3.05) is 0 Å². The van der Waals surface area contributed by atoms with Crippen LogP contribution in [0.15, 0.2) is 0 Å². The SMILES string of the molecule is CC(C)(C)CC(NC(=O)CC(=O)C(=O)NC(CC(C)(C)C)C(C)(C)C)C(C)(C)C. The van der Waals surface area contributed by atoms with Crippen LogP contribution in [-0.4, -0.2) is 29.7 Å². The van der Waals surface area contributed by atoms with Gasteiger partial charge in [-0.15, -0.1) is 0 Å². The Morgan fingerprint density at radius 1 is 0.621 bits per heavy atom. The van der Waals surface area contributed by atoms with Crippen LogP contribution in [0.3, 0.4) is 0 Å². The summed E-state index contributed by atoms with van der Waals surface area (Å²) in [5.41, 5.74) is -0.272. The van der Waals surface area contributed by atoms with Crippen molar-refractivity contribution in [1.82, 2.24) is 10.6 Å². The number of rotatable bonds is 7. The number of hydrogen-bond donors (Lipinski definition) is 2. The van der Waals surface area contributed by atoms with Gasteiger partial charge >= 0.3 is 0 Å². The fourth-order valence-electron chi connectivity index (χ4n) is 3.08. The molecule has 0 bridgehead atoms. The number of hydrogen-bond acceptors (Lipinski definition) is 3. The molecule has 0 saturated carbocycles. The van der Waals surface area contributed by atoms with Crippen molar-refractivity contribution in [2.45, 2.75) is 114 Å². The van der Waals surface area contributed by atoms with Crippen LogP contribution in [0, 0.1) is 21.7 Å². The molecule has 5 heteroatoms. The number of ketones is 1. The third-order valence-electron chi connectivity index (χ3n) is 4.94. The molecule has 170 valence electrons. The van der Waals surface area contributed by atoms with Crippen molar-refractivity contribution in [1.29, 1.82) is 0 Å². The first-order chi connectivity index (χ1) is 12.6. The number of Topliss-reactive ketones (excluding diaryl/α,β-unsaturated/α-hetero) is 1. The van der Waals surface area contributed by atoms with Gasteiger partial charge in [0.1, 0.15) is 0 Å². The summed E-state index contributed by atoms with van der Waals surface area (Å²) in [7, 11) is 0. The van der Waals surface area contributed by atoms with Crippen molar-refractivity contribution in [3.63, 3.8) is 0 Å². The Morgan fingerprint density at radius 3 is 1.28 bits per heavy atom. The van der Waals surface area contributed by atoms with Gasteiger partial charge in [0.15, 0.2) is 0 Å². The van der Waals surface area contributed by atoms with Gasteiger partial charge in [0, 0.05) is 12.1 Å². The average Bonchev–Trinajstić information content (AvgIpc) is 2.40. The van der Waals surface area contributed by atoms with Crippen molar-refractivity contribution < 1.29 is 14.4 Å². The normalized spacial score (nSPS) is 15.4. The topological polar surface area (TPSA) is 75.3 Å². The van der Waals surface area contributed by atoms with E-state index in [0.29, 0.717) is 0 Å². The minimum atomic E-state index is -0.686. The number of nitrogens with one attached hydrogen (secondary N) is 2.